The normalized spacial score (nSPS) is 19.5. The first kappa shape index (κ1) is 34.1. The van der Waals surface area contributed by atoms with Crippen LogP contribution >= 0.6 is 0 Å². The van der Waals surface area contributed by atoms with Gasteiger partial charge in [-0.05, 0) is 78.8 Å². The fourth-order valence-electron chi connectivity index (χ4n) is 4.56. The number of likely N-dealkylation sites (tertiary alicyclic amines) is 2. The van der Waals surface area contributed by atoms with Crippen LogP contribution in [0, 0.1) is 5.92 Å². The topological polar surface area (TPSA) is 73.0 Å². The van der Waals surface area contributed by atoms with Crippen molar-refractivity contribution in [1.29, 1.82) is 0 Å². The summed E-state index contributed by atoms with van der Waals surface area (Å²) in [6, 6.07) is 0.851. The maximum atomic E-state index is 12.7. The van der Waals surface area contributed by atoms with Gasteiger partial charge >= 0.3 is 0 Å². The van der Waals surface area contributed by atoms with E-state index in [0.717, 1.165) is 25.4 Å². The van der Waals surface area contributed by atoms with E-state index in [4.69, 9.17) is 0 Å². The van der Waals surface area contributed by atoms with Crippen LogP contribution < -0.4 is 5.32 Å². The van der Waals surface area contributed by atoms with Crippen molar-refractivity contribution in [2.75, 3.05) is 33.2 Å². The quantitative estimate of drug-likeness (QED) is 0.375. The van der Waals surface area contributed by atoms with E-state index in [1.165, 1.54) is 45.2 Å². The molecule has 2 saturated heterocycles. The molecule has 0 aromatic carbocycles. The molecular formula is C29H56N4O3. The molecule has 2 rings (SSSR count). The monoisotopic (exact) mass is 508 g/mol. The lowest BCUT2D eigenvalue weighted by atomic mass is 9.98. The van der Waals surface area contributed by atoms with E-state index in [9.17, 15) is 14.4 Å². The second-order valence-electron chi connectivity index (χ2n) is 10.8. The molecule has 3 amide bonds. The van der Waals surface area contributed by atoms with Gasteiger partial charge in [0.2, 0.25) is 18.2 Å². The van der Waals surface area contributed by atoms with Crippen molar-refractivity contribution >= 4 is 18.2 Å². The van der Waals surface area contributed by atoms with Gasteiger partial charge in [-0.1, -0.05) is 46.6 Å². The molecule has 2 atom stereocenters. The summed E-state index contributed by atoms with van der Waals surface area (Å²) in [6.07, 6.45) is 11.2. The van der Waals surface area contributed by atoms with Crippen LogP contribution in [-0.4, -0.2) is 84.3 Å². The van der Waals surface area contributed by atoms with Crippen LogP contribution in [0.5, 0.6) is 0 Å². The Hall–Kier alpha value is -1.89. The van der Waals surface area contributed by atoms with Gasteiger partial charge in [-0.2, -0.15) is 0 Å². The van der Waals surface area contributed by atoms with E-state index in [0.29, 0.717) is 12.0 Å². The predicted molar refractivity (Wildman–Crippen MR) is 151 cm³/mol. The molecule has 0 saturated carbocycles. The van der Waals surface area contributed by atoms with Crippen molar-refractivity contribution in [3.63, 3.8) is 0 Å². The maximum absolute atomic E-state index is 12.7. The second-order valence-corrected chi connectivity index (χ2v) is 10.8. The molecule has 2 aliphatic heterocycles. The zero-order valence-corrected chi connectivity index (χ0v) is 24.8. The summed E-state index contributed by atoms with van der Waals surface area (Å²) in [5, 5.41) is 2.39. The van der Waals surface area contributed by atoms with Gasteiger partial charge in [0.1, 0.15) is 0 Å². The Labute approximate surface area is 222 Å². The second kappa shape index (κ2) is 19.3. The Kier molecular flexibility index (Phi) is 18.2. The van der Waals surface area contributed by atoms with Gasteiger partial charge in [-0.25, -0.2) is 0 Å². The van der Waals surface area contributed by atoms with Crippen LogP contribution in [0.25, 0.3) is 0 Å². The number of rotatable bonds is 8. The average molecular weight is 509 g/mol. The van der Waals surface area contributed by atoms with Gasteiger partial charge in [-0.3, -0.25) is 14.4 Å². The van der Waals surface area contributed by atoms with Crippen LogP contribution in [-0.2, 0) is 14.4 Å². The van der Waals surface area contributed by atoms with Crippen molar-refractivity contribution in [2.45, 2.75) is 118 Å². The SMILES string of the molecule is C/C(=C\C(C(C)C)N(C)C(=O)CNC=O)C(=O)N1CCCCC1C.CC(C)N1CCCCC1.CCC. The molecule has 1 N–H and O–H groups in total. The van der Waals surface area contributed by atoms with E-state index in [2.05, 4.69) is 44.8 Å². The number of piperidine rings is 2. The molecule has 210 valence electrons. The number of likely N-dealkylation sites (N-methyl/N-ethyl adjacent to an activating group) is 1. The molecule has 0 aromatic rings. The van der Waals surface area contributed by atoms with Crippen LogP contribution in [0.4, 0.5) is 0 Å². The zero-order valence-electron chi connectivity index (χ0n) is 24.8. The lowest BCUT2D eigenvalue weighted by Crippen LogP contribution is -2.45. The van der Waals surface area contributed by atoms with Gasteiger partial charge in [0.25, 0.3) is 0 Å². The first-order chi connectivity index (χ1) is 17.0. The van der Waals surface area contributed by atoms with E-state index >= 15 is 0 Å². The van der Waals surface area contributed by atoms with Crippen molar-refractivity contribution < 1.29 is 14.4 Å². The van der Waals surface area contributed by atoms with Crippen LogP contribution in [0.3, 0.4) is 0 Å². The standard InChI is InChI=1S/C18H31N3O3.C8H17N.C3H8/c1-13(2)16(20(5)17(23)11-19-12-22)10-14(3)18(24)21-9-7-6-8-15(21)4;1-8(2)9-6-4-3-5-7-9;1-3-2/h10,12-13,15-16H,6-9,11H2,1-5H3,(H,19,22);8H,3-7H2,1-2H3;3H2,1-2H3/b14-10+;;. The van der Waals surface area contributed by atoms with Gasteiger partial charge in [0.15, 0.2) is 0 Å². The summed E-state index contributed by atoms with van der Waals surface area (Å²) in [5.74, 6) is 0.0417. The maximum Gasteiger partial charge on any atom is 0.249 e. The molecule has 7 heteroatoms. The van der Waals surface area contributed by atoms with E-state index < -0.39 is 0 Å². The largest absolute Gasteiger partial charge is 0.350 e. The number of hydrogen-bond acceptors (Lipinski definition) is 4. The molecule has 0 bridgehead atoms. The van der Waals surface area contributed by atoms with Crippen molar-refractivity contribution in [3.8, 4) is 0 Å². The minimum absolute atomic E-state index is 0.0345. The Morgan fingerprint density at radius 1 is 1.00 bits per heavy atom. The molecule has 0 aliphatic carbocycles. The molecule has 0 aromatic heterocycles. The Balaban J connectivity index is 0.000000838. The third kappa shape index (κ3) is 12.9. The highest BCUT2D eigenvalue weighted by Gasteiger charge is 2.26. The van der Waals surface area contributed by atoms with Gasteiger partial charge in [-0.15, -0.1) is 0 Å². The van der Waals surface area contributed by atoms with E-state index in [-0.39, 0.29) is 36.4 Å². The molecule has 2 aliphatic rings. The highest BCUT2D eigenvalue weighted by molar-refractivity contribution is 5.93. The molecule has 7 nitrogen and oxygen atoms in total. The Morgan fingerprint density at radius 2 is 1.56 bits per heavy atom. The van der Waals surface area contributed by atoms with Crippen molar-refractivity contribution in [2.24, 2.45) is 5.92 Å². The molecule has 36 heavy (non-hydrogen) atoms. The first-order valence-electron chi connectivity index (χ1n) is 14.2. The smallest absolute Gasteiger partial charge is 0.249 e. The van der Waals surface area contributed by atoms with E-state index in [1.807, 2.05) is 31.7 Å². The molecular weight excluding hydrogens is 452 g/mol. The highest BCUT2D eigenvalue weighted by atomic mass is 16.2. The molecule has 2 unspecified atom stereocenters. The molecule has 0 radical (unpaired) electrons. The number of nitrogens with zero attached hydrogens (tertiary/aromatic N) is 3. The summed E-state index contributed by atoms with van der Waals surface area (Å²) in [4.78, 5) is 41.3. The number of nitrogens with one attached hydrogen (secondary N) is 1. The zero-order chi connectivity index (χ0) is 27.7. The fourth-order valence-corrected chi connectivity index (χ4v) is 4.56. The Morgan fingerprint density at radius 3 is 2.00 bits per heavy atom. The summed E-state index contributed by atoms with van der Waals surface area (Å²) in [7, 11) is 1.71. The van der Waals surface area contributed by atoms with Crippen LogP contribution in [0.1, 0.15) is 100 Å². The average Bonchev–Trinajstić information content (AvgIpc) is 2.86. The number of carbonyl (C=O) groups excluding carboxylic acids is 3. The highest BCUT2D eigenvalue weighted by Crippen LogP contribution is 2.20. The minimum atomic E-state index is -0.185. The summed E-state index contributed by atoms with van der Waals surface area (Å²) in [6.45, 7) is 20.2. The van der Waals surface area contributed by atoms with Crippen molar-refractivity contribution in [1.82, 2.24) is 20.0 Å². The number of amides is 3. The number of hydrogen-bond donors (Lipinski definition) is 1. The molecule has 0 spiro atoms. The third-order valence-electron chi connectivity index (χ3n) is 6.80. The summed E-state index contributed by atoms with van der Waals surface area (Å²) >= 11 is 0. The van der Waals surface area contributed by atoms with Crippen LogP contribution in [0.15, 0.2) is 11.6 Å². The van der Waals surface area contributed by atoms with Gasteiger partial charge in [0.05, 0.1) is 12.6 Å². The molecule has 2 heterocycles. The summed E-state index contributed by atoms with van der Waals surface area (Å²) < 4.78 is 0. The third-order valence-corrected chi connectivity index (χ3v) is 6.80. The molecule has 2 fully saturated rings. The number of carbonyl (C=O) groups is 3. The van der Waals surface area contributed by atoms with Crippen LogP contribution in [0.2, 0.25) is 0 Å². The fraction of sp³-hybridized carbons (Fsp3) is 0.828. The van der Waals surface area contributed by atoms with Crippen molar-refractivity contribution in [3.05, 3.63) is 11.6 Å². The lowest BCUT2D eigenvalue weighted by Gasteiger charge is -2.34. The van der Waals surface area contributed by atoms with Gasteiger partial charge in [0, 0.05) is 31.2 Å². The van der Waals surface area contributed by atoms with E-state index in [1.54, 1.807) is 11.9 Å². The van der Waals surface area contributed by atoms with Gasteiger partial charge < -0.3 is 20.0 Å². The Bertz CT molecular complexity index is 657. The summed E-state index contributed by atoms with van der Waals surface area (Å²) in [5.41, 5.74) is 0.672. The minimum Gasteiger partial charge on any atom is -0.350 e. The lowest BCUT2D eigenvalue weighted by molar-refractivity contribution is -0.132. The first-order valence-corrected chi connectivity index (χ1v) is 14.2. The predicted octanol–water partition coefficient (Wildman–Crippen LogP) is 4.86.